The van der Waals surface area contributed by atoms with Gasteiger partial charge in [0.1, 0.15) is 5.56 Å². The summed E-state index contributed by atoms with van der Waals surface area (Å²) < 4.78 is 13.8. The third-order valence-corrected chi connectivity index (χ3v) is 6.22. The van der Waals surface area contributed by atoms with Gasteiger partial charge in [0.25, 0.3) is 5.56 Å². The molecule has 0 spiro atoms. The molecule has 2 aromatic heterocycles. The number of hydrogen-bond donors (Lipinski definition) is 0. The van der Waals surface area contributed by atoms with Gasteiger partial charge in [0, 0.05) is 31.6 Å². The molecule has 0 saturated carbocycles. The van der Waals surface area contributed by atoms with Gasteiger partial charge >= 0.3 is 11.9 Å². The number of ether oxygens (including phenoxy) is 2. The maximum absolute atomic E-state index is 12.8. The molecule has 0 radical (unpaired) electrons. The van der Waals surface area contributed by atoms with Crippen LogP contribution in [0.3, 0.4) is 0 Å². The van der Waals surface area contributed by atoms with Crippen LogP contribution in [0, 0.1) is 5.92 Å². The van der Waals surface area contributed by atoms with Crippen LogP contribution in [-0.4, -0.2) is 57.5 Å². The first-order valence-corrected chi connectivity index (χ1v) is 11.7. The largest absolute Gasteiger partial charge is 0.466 e. The van der Waals surface area contributed by atoms with Crippen molar-refractivity contribution in [1.29, 1.82) is 0 Å². The van der Waals surface area contributed by atoms with E-state index in [1.165, 1.54) is 12.3 Å². The highest BCUT2D eigenvalue weighted by Gasteiger charge is 2.29. The average molecular weight is 467 g/mol. The molecule has 1 atom stereocenters. The normalized spacial score (nSPS) is 16.5. The summed E-state index contributed by atoms with van der Waals surface area (Å²) in [7, 11) is 1.73. The first-order chi connectivity index (χ1) is 16.4. The van der Waals surface area contributed by atoms with Crippen LogP contribution < -0.4 is 5.56 Å². The molecule has 1 saturated heterocycles. The Hall–Kier alpha value is -3.46. The minimum Gasteiger partial charge on any atom is -0.466 e. The van der Waals surface area contributed by atoms with Crippen molar-refractivity contribution in [2.75, 3.05) is 26.3 Å². The maximum atomic E-state index is 12.8. The van der Waals surface area contributed by atoms with Gasteiger partial charge in [-0.3, -0.25) is 14.5 Å². The molecule has 0 N–H and O–H groups in total. The minimum absolute atomic E-state index is 0.173. The van der Waals surface area contributed by atoms with Crippen LogP contribution >= 0.6 is 0 Å². The topological polar surface area (TPSA) is 95.7 Å². The van der Waals surface area contributed by atoms with E-state index in [1.54, 1.807) is 30.1 Å². The number of esters is 2. The molecule has 1 aliphatic heterocycles. The highest BCUT2D eigenvalue weighted by Crippen LogP contribution is 2.26. The van der Waals surface area contributed by atoms with Gasteiger partial charge in [-0.25, -0.2) is 9.48 Å². The van der Waals surface area contributed by atoms with E-state index in [2.05, 4.69) is 10.00 Å². The molecule has 9 heteroatoms. The van der Waals surface area contributed by atoms with Crippen LogP contribution in [0.15, 0.2) is 41.3 Å². The lowest BCUT2D eigenvalue weighted by Crippen LogP contribution is -2.39. The number of nitrogens with zero attached hydrogens (tertiary/aromatic N) is 4. The fraction of sp³-hybridized carbons (Fsp3) is 0.440. The maximum Gasteiger partial charge on any atom is 0.341 e. The van der Waals surface area contributed by atoms with Crippen molar-refractivity contribution in [1.82, 2.24) is 19.2 Å². The number of likely N-dealkylation sites (tertiary alicyclic amines) is 1. The SMILES string of the molecule is CCOC(=O)c1cnn(-c2cc(=O)n(C)c3ccccc23)c1CN1CCC[C@@H](C(=O)OCC)C1. The number of piperidine rings is 1. The number of hydrogen-bond acceptors (Lipinski definition) is 7. The number of fused-ring (bicyclic) bond motifs is 1. The second-order valence-electron chi connectivity index (χ2n) is 8.41. The molecular formula is C25H30N4O5. The van der Waals surface area contributed by atoms with Gasteiger partial charge in [0.05, 0.1) is 42.2 Å². The monoisotopic (exact) mass is 466 g/mol. The standard InChI is InChI=1S/C25H30N4O5/c1-4-33-24(31)17-9-8-12-28(15-17)16-22-19(25(32)34-5-2)14-26-29(22)21-13-23(30)27(3)20-11-7-6-10-18(20)21/h6-7,10-11,13-14,17H,4-5,8-9,12,15-16H2,1-3H3/t17-/m1/s1. The van der Waals surface area contributed by atoms with Gasteiger partial charge < -0.3 is 14.0 Å². The smallest absolute Gasteiger partial charge is 0.341 e. The van der Waals surface area contributed by atoms with Crippen molar-refractivity contribution >= 4 is 22.8 Å². The molecule has 1 aromatic carbocycles. The molecule has 3 heterocycles. The van der Waals surface area contributed by atoms with Gasteiger partial charge in [-0.05, 0) is 39.3 Å². The van der Waals surface area contributed by atoms with Crippen molar-refractivity contribution < 1.29 is 19.1 Å². The summed E-state index contributed by atoms with van der Waals surface area (Å²) in [5.74, 6) is -0.860. The Bertz CT molecular complexity index is 1260. The molecule has 4 rings (SSSR count). The van der Waals surface area contributed by atoms with Gasteiger partial charge in [-0.15, -0.1) is 0 Å². The Morgan fingerprint density at radius 2 is 1.91 bits per heavy atom. The summed E-state index contributed by atoms with van der Waals surface area (Å²) in [6.07, 6.45) is 3.12. The van der Waals surface area contributed by atoms with Crippen LogP contribution in [0.4, 0.5) is 0 Å². The molecule has 9 nitrogen and oxygen atoms in total. The Kier molecular flexibility index (Phi) is 7.12. The van der Waals surface area contributed by atoms with Crippen LogP contribution in [0.25, 0.3) is 16.6 Å². The van der Waals surface area contributed by atoms with Gasteiger partial charge in [-0.1, -0.05) is 18.2 Å². The zero-order chi connectivity index (χ0) is 24.2. The molecule has 0 amide bonds. The third-order valence-electron chi connectivity index (χ3n) is 6.22. The fourth-order valence-corrected chi connectivity index (χ4v) is 4.54. The van der Waals surface area contributed by atoms with E-state index in [-0.39, 0.29) is 24.1 Å². The molecule has 3 aromatic rings. The Morgan fingerprint density at radius 3 is 2.68 bits per heavy atom. The van der Waals surface area contributed by atoms with Crippen LogP contribution in [-0.2, 0) is 27.9 Å². The average Bonchev–Trinajstić information content (AvgIpc) is 3.25. The van der Waals surface area contributed by atoms with E-state index in [0.717, 1.165) is 30.3 Å². The lowest BCUT2D eigenvalue weighted by molar-refractivity contribution is -0.150. The summed E-state index contributed by atoms with van der Waals surface area (Å²) in [6, 6.07) is 9.12. The number of para-hydroxylation sites is 1. The van der Waals surface area contributed by atoms with Crippen molar-refractivity contribution in [2.24, 2.45) is 13.0 Å². The zero-order valence-corrected chi connectivity index (χ0v) is 19.8. The highest BCUT2D eigenvalue weighted by molar-refractivity contribution is 5.92. The second-order valence-corrected chi connectivity index (χ2v) is 8.41. The molecule has 0 unspecified atom stereocenters. The quantitative estimate of drug-likeness (QED) is 0.494. The highest BCUT2D eigenvalue weighted by atomic mass is 16.5. The summed E-state index contributed by atoms with van der Waals surface area (Å²) in [5.41, 5.74) is 2.17. The van der Waals surface area contributed by atoms with E-state index in [4.69, 9.17) is 9.47 Å². The predicted molar refractivity (Wildman–Crippen MR) is 127 cm³/mol. The Labute approximate surface area is 197 Å². The second kappa shape index (κ2) is 10.2. The number of rotatable bonds is 7. The molecule has 1 aliphatic rings. The minimum atomic E-state index is -0.462. The summed E-state index contributed by atoms with van der Waals surface area (Å²) in [4.78, 5) is 39.9. The summed E-state index contributed by atoms with van der Waals surface area (Å²) in [6.45, 7) is 5.85. The number of aromatic nitrogens is 3. The van der Waals surface area contributed by atoms with Crippen LogP contribution in [0.2, 0.25) is 0 Å². The third kappa shape index (κ3) is 4.61. The zero-order valence-electron chi connectivity index (χ0n) is 19.8. The molecule has 180 valence electrons. The molecule has 34 heavy (non-hydrogen) atoms. The van der Waals surface area contributed by atoms with Gasteiger partial charge in [0.15, 0.2) is 0 Å². The van der Waals surface area contributed by atoms with Crippen LogP contribution in [0.5, 0.6) is 0 Å². The summed E-state index contributed by atoms with van der Waals surface area (Å²) >= 11 is 0. The Balaban J connectivity index is 1.77. The predicted octanol–water partition coefficient (Wildman–Crippen LogP) is 2.68. The van der Waals surface area contributed by atoms with Crippen molar-refractivity contribution in [2.45, 2.75) is 33.2 Å². The molecular weight excluding hydrogens is 436 g/mol. The molecule has 0 bridgehead atoms. The summed E-state index contributed by atoms with van der Waals surface area (Å²) in [5, 5.41) is 5.35. The van der Waals surface area contributed by atoms with Gasteiger partial charge in [0.2, 0.25) is 0 Å². The lowest BCUT2D eigenvalue weighted by atomic mass is 9.98. The number of benzene rings is 1. The number of aryl methyl sites for hydroxylation is 1. The fourth-order valence-electron chi connectivity index (χ4n) is 4.54. The van der Waals surface area contributed by atoms with Crippen molar-refractivity contribution in [3.05, 3.63) is 58.1 Å². The van der Waals surface area contributed by atoms with Crippen molar-refractivity contribution in [3.8, 4) is 5.69 Å². The van der Waals surface area contributed by atoms with Gasteiger partial charge in [-0.2, -0.15) is 5.10 Å². The lowest BCUT2D eigenvalue weighted by Gasteiger charge is -2.31. The van der Waals surface area contributed by atoms with E-state index in [1.807, 2.05) is 24.3 Å². The van der Waals surface area contributed by atoms with Crippen molar-refractivity contribution in [3.63, 3.8) is 0 Å². The first-order valence-electron chi connectivity index (χ1n) is 11.7. The van der Waals surface area contributed by atoms with E-state index in [0.29, 0.717) is 36.6 Å². The number of carbonyl (C=O) groups is 2. The van der Waals surface area contributed by atoms with E-state index in [9.17, 15) is 14.4 Å². The van der Waals surface area contributed by atoms with E-state index >= 15 is 0 Å². The number of carbonyl (C=O) groups excluding carboxylic acids is 2. The first kappa shape index (κ1) is 23.7. The molecule has 1 fully saturated rings. The molecule has 0 aliphatic carbocycles. The van der Waals surface area contributed by atoms with E-state index < -0.39 is 5.97 Å². The van der Waals surface area contributed by atoms with Crippen LogP contribution in [0.1, 0.15) is 42.7 Å². The number of pyridine rings is 1. The Morgan fingerprint density at radius 1 is 1.15 bits per heavy atom.